The van der Waals surface area contributed by atoms with E-state index in [4.69, 9.17) is 6.42 Å². The quantitative estimate of drug-likeness (QED) is 0.734. The van der Waals surface area contributed by atoms with Crippen molar-refractivity contribution in [1.82, 2.24) is 4.90 Å². The first-order valence-corrected chi connectivity index (χ1v) is 8.94. The number of hydrogen-bond acceptors (Lipinski definition) is 4. The van der Waals surface area contributed by atoms with Gasteiger partial charge in [0, 0.05) is 38.8 Å². The van der Waals surface area contributed by atoms with Gasteiger partial charge in [0.05, 0.1) is 11.4 Å². The normalized spacial score (nSPS) is 16.8. The Kier molecular flexibility index (Phi) is 5.52. The second-order valence-corrected chi connectivity index (χ2v) is 6.60. The molecule has 0 aromatic heterocycles. The number of nitrogens with one attached hydrogen (secondary N) is 2. The first-order chi connectivity index (χ1) is 12.6. The van der Waals surface area contributed by atoms with Crippen molar-refractivity contribution < 1.29 is 9.59 Å². The molecule has 1 aromatic carbocycles. The van der Waals surface area contributed by atoms with Crippen molar-refractivity contribution in [2.45, 2.75) is 44.2 Å². The molecule has 3 amide bonds. The molecule has 1 aromatic rings. The zero-order chi connectivity index (χ0) is 18.4. The molecule has 0 bridgehead atoms. The lowest BCUT2D eigenvalue weighted by molar-refractivity contribution is -0.116. The average molecular weight is 353 g/mol. The molecule has 136 valence electrons. The van der Waals surface area contributed by atoms with Crippen LogP contribution in [0.3, 0.4) is 0 Å². The first kappa shape index (κ1) is 17.9. The zero-order valence-electron chi connectivity index (χ0n) is 14.7. The predicted octanol–water partition coefficient (Wildman–Crippen LogP) is 3.61. The first-order valence-electron chi connectivity index (χ1n) is 8.94. The lowest BCUT2D eigenvalue weighted by Gasteiger charge is -2.18. The van der Waals surface area contributed by atoms with Crippen molar-refractivity contribution in [2.24, 2.45) is 10.2 Å². The maximum absolute atomic E-state index is 12.3. The van der Waals surface area contributed by atoms with Gasteiger partial charge in [-0.1, -0.05) is 12.1 Å². The van der Waals surface area contributed by atoms with E-state index in [1.165, 1.54) is 0 Å². The van der Waals surface area contributed by atoms with E-state index < -0.39 is 5.66 Å². The number of benzene rings is 1. The Bertz CT molecular complexity index is 741. The Morgan fingerprint density at radius 3 is 2.38 bits per heavy atom. The van der Waals surface area contributed by atoms with Crippen LogP contribution in [-0.4, -0.2) is 35.6 Å². The number of carbonyl (C=O) groups excluding carboxylic acids is 2. The molecular weight excluding hydrogens is 330 g/mol. The van der Waals surface area contributed by atoms with Gasteiger partial charge in [-0.2, -0.15) is 10.2 Å². The smallest absolute Gasteiger partial charge is 0.321 e. The summed E-state index contributed by atoms with van der Waals surface area (Å²) in [7, 11) is 0. The van der Waals surface area contributed by atoms with E-state index in [9.17, 15) is 9.59 Å². The highest BCUT2D eigenvalue weighted by atomic mass is 16.2. The van der Waals surface area contributed by atoms with Gasteiger partial charge < -0.3 is 15.5 Å². The van der Waals surface area contributed by atoms with Crippen molar-refractivity contribution in [3.63, 3.8) is 0 Å². The van der Waals surface area contributed by atoms with Crippen LogP contribution in [0, 0.1) is 12.3 Å². The summed E-state index contributed by atoms with van der Waals surface area (Å²) in [5, 5.41) is 13.8. The van der Waals surface area contributed by atoms with Gasteiger partial charge in [0.2, 0.25) is 5.91 Å². The molecule has 2 heterocycles. The molecule has 0 spiro atoms. The van der Waals surface area contributed by atoms with Gasteiger partial charge in [0.1, 0.15) is 0 Å². The van der Waals surface area contributed by atoms with E-state index in [0.717, 1.165) is 25.9 Å². The van der Waals surface area contributed by atoms with Crippen molar-refractivity contribution >= 4 is 23.3 Å². The minimum absolute atomic E-state index is 0.131. The molecule has 0 aliphatic carbocycles. The van der Waals surface area contributed by atoms with Gasteiger partial charge in [0.15, 0.2) is 5.66 Å². The van der Waals surface area contributed by atoms with E-state index in [0.29, 0.717) is 37.1 Å². The molecule has 0 atom stereocenters. The third-order valence-corrected chi connectivity index (χ3v) is 4.64. The highest BCUT2D eigenvalue weighted by molar-refractivity contribution is 5.99. The number of carbonyl (C=O) groups is 2. The Hall–Kier alpha value is -2.88. The van der Waals surface area contributed by atoms with Crippen LogP contribution in [-0.2, 0) is 4.79 Å². The van der Waals surface area contributed by atoms with Gasteiger partial charge in [0.25, 0.3) is 0 Å². The molecule has 26 heavy (non-hydrogen) atoms. The van der Waals surface area contributed by atoms with Crippen molar-refractivity contribution in [3.8, 4) is 12.3 Å². The molecule has 3 rings (SSSR count). The maximum Gasteiger partial charge on any atom is 0.321 e. The fourth-order valence-electron chi connectivity index (χ4n) is 3.01. The summed E-state index contributed by atoms with van der Waals surface area (Å²) in [5.74, 6) is 2.44. The fraction of sp³-hybridized carbons (Fsp3) is 0.474. The molecule has 1 fully saturated rings. The van der Waals surface area contributed by atoms with Crippen LogP contribution < -0.4 is 10.6 Å². The summed E-state index contributed by atoms with van der Waals surface area (Å²) in [4.78, 5) is 26.4. The van der Waals surface area contributed by atoms with Crippen molar-refractivity contribution in [2.75, 3.05) is 23.7 Å². The summed E-state index contributed by atoms with van der Waals surface area (Å²) in [6, 6.07) is 7.07. The number of para-hydroxylation sites is 2. The molecule has 2 N–H and O–H groups in total. The second kappa shape index (κ2) is 8.00. The molecule has 0 radical (unpaired) electrons. The topological polar surface area (TPSA) is 86.2 Å². The lowest BCUT2D eigenvalue weighted by Crippen LogP contribution is -2.32. The Morgan fingerprint density at radius 2 is 1.77 bits per heavy atom. The maximum atomic E-state index is 12.3. The van der Waals surface area contributed by atoms with Crippen LogP contribution in [0.1, 0.15) is 38.5 Å². The zero-order valence-corrected chi connectivity index (χ0v) is 14.7. The van der Waals surface area contributed by atoms with E-state index in [1.807, 2.05) is 12.1 Å². The Morgan fingerprint density at radius 1 is 1.12 bits per heavy atom. The largest absolute Gasteiger partial charge is 0.325 e. The monoisotopic (exact) mass is 353 g/mol. The highest BCUT2D eigenvalue weighted by Crippen LogP contribution is 2.37. The molecule has 7 heteroatoms. The summed E-state index contributed by atoms with van der Waals surface area (Å²) in [5.41, 5.74) is 0.723. The van der Waals surface area contributed by atoms with Gasteiger partial charge in [-0.05, 0) is 25.0 Å². The van der Waals surface area contributed by atoms with Crippen LogP contribution in [0.15, 0.2) is 34.5 Å². The highest BCUT2D eigenvalue weighted by Gasteiger charge is 2.39. The second-order valence-electron chi connectivity index (χ2n) is 6.60. The molecule has 2 aliphatic heterocycles. The van der Waals surface area contributed by atoms with Crippen LogP contribution in [0.5, 0.6) is 0 Å². The summed E-state index contributed by atoms with van der Waals surface area (Å²) in [6.07, 6.45) is 9.45. The third kappa shape index (κ3) is 4.60. The lowest BCUT2D eigenvalue weighted by atomic mass is 10.0. The van der Waals surface area contributed by atoms with E-state index in [-0.39, 0.29) is 11.9 Å². The van der Waals surface area contributed by atoms with E-state index >= 15 is 0 Å². The number of terminal acetylenes is 1. The predicted molar refractivity (Wildman–Crippen MR) is 99.8 cm³/mol. The standard InChI is InChI=1S/C19H23N5O2/c1-2-3-11-19(22-23-19)12-10-17(25)20-15-8-4-5-9-16(15)21-18(26)24-13-6-7-14-24/h1,4-5,8-9H,3,6-7,10-14H2,(H,20,25)(H,21,26). The van der Waals surface area contributed by atoms with Crippen LogP contribution in [0.4, 0.5) is 16.2 Å². The Labute approximate surface area is 153 Å². The number of nitrogens with zero attached hydrogens (tertiary/aromatic N) is 3. The molecule has 1 saturated heterocycles. The number of likely N-dealkylation sites (tertiary alicyclic amines) is 1. The minimum atomic E-state index is -0.465. The number of anilines is 2. The van der Waals surface area contributed by atoms with E-state index in [1.54, 1.807) is 17.0 Å². The van der Waals surface area contributed by atoms with Crippen molar-refractivity contribution in [1.29, 1.82) is 0 Å². The van der Waals surface area contributed by atoms with Crippen LogP contribution in [0.25, 0.3) is 0 Å². The number of hydrogen-bond donors (Lipinski definition) is 2. The number of amides is 3. The molecule has 2 aliphatic rings. The molecular formula is C19H23N5O2. The summed E-state index contributed by atoms with van der Waals surface area (Å²) >= 11 is 0. The van der Waals surface area contributed by atoms with E-state index in [2.05, 4.69) is 26.8 Å². The summed E-state index contributed by atoms with van der Waals surface area (Å²) < 4.78 is 0. The third-order valence-electron chi connectivity index (χ3n) is 4.64. The van der Waals surface area contributed by atoms with Gasteiger partial charge in [-0.3, -0.25) is 4.79 Å². The summed E-state index contributed by atoms with van der Waals surface area (Å²) in [6.45, 7) is 1.54. The number of urea groups is 1. The van der Waals surface area contributed by atoms with Crippen LogP contribution >= 0.6 is 0 Å². The minimum Gasteiger partial charge on any atom is -0.325 e. The van der Waals surface area contributed by atoms with Crippen LogP contribution in [0.2, 0.25) is 0 Å². The van der Waals surface area contributed by atoms with Gasteiger partial charge >= 0.3 is 6.03 Å². The molecule has 0 saturated carbocycles. The number of rotatable bonds is 7. The van der Waals surface area contributed by atoms with Gasteiger partial charge in [-0.15, -0.1) is 12.3 Å². The van der Waals surface area contributed by atoms with Crippen molar-refractivity contribution in [3.05, 3.63) is 24.3 Å². The average Bonchev–Trinajstić information content (AvgIpc) is 3.19. The SMILES string of the molecule is C#CCCC1(CCC(=O)Nc2ccccc2NC(=O)N2CCCC2)N=N1. The fourth-order valence-corrected chi connectivity index (χ4v) is 3.01. The molecule has 0 unspecified atom stereocenters. The molecule has 7 nitrogen and oxygen atoms in total. The Balaban J connectivity index is 1.53. The van der Waals surface area contributed by atoms with Gasteiger partial charge in [-0.25, -0.2) is 4.79 Å².